The van der Waals surface area contributed by atoms with E-state index in [2.05, 4.69) is 31.9 Å². The Morgan fingerprint density at radius 1 is 0.943 bits per heavy atom. The topological polar surface area (TPSA) is 66.0 Å². The largest absolute Gasteiger partial charge is 0.494 e. The average Bonchev–Trinajstić information content (AvgIpc) is 3.52. The third kappa shape index (κ3) is 5.44. The summed E-state index contributed by atoms with van der Waals surface area (Å²) in [6.07, 6.45) is 2.30. The molecule has 0 radical (unpaired) electrons. The minimum Gasteiger partial charge on any atom is -0.494 e. The Bertz CT molecular complexity index is 1380. The van der Waals surface area contributed by atoms with E-state index in [9.17, 15) is 4.39 Å². The van der Waals surface area contributed by atoms with E-state index in [0.717, 1.165) is 33.5 Å². The van der Waals surface area contributed by atoms with E-state index in [4.69, 9.17) is 9.15 Å². The zero-order valence-electron chi connectivity index (χ0n) is 19.1. The molecule has 0 saturated heterocycles. The molecule has 0 aliphatic heterocycles. The first kappa shape index (κ1) is 22.9. The molecule has 5 rings (SSSR count). The highest BCUT2D eigenvalue weighted by Gasteiger charge is 2.17. The van der Waals surface area contributed by atoms with E-state index >= 15 is 0 Å². The first-order valence-electron chi connectivity index (χ1n) is 11.2. The second-order valence-corrected chi connectivity index (χ2v) is 8.68. The number of halogens is 1. The van der Waals surface area contributed by atoms with Crippen LogP contribution < -0.4 is 4.74 Å². The van der Waals surface area contributed by atoms with Gasteiger partial charge in [-0.2, -0.15) is 0 Å². The van der Waals surface area contributed by atoms with E-state index in [1.165, 1.54) is 23.9 Å². The molecule has 5 aromatic rings. The van der Waals surface area contributed by atoms with Gasteiger partial charge in [0.2, 0.25) is 5.89 Å². The van der Waals surface area contributed by atoms with Gasteiger partial charge in [-0.1, -0.05) is 42.1 Å². The van der Waals surface area contributed by atoms with Crippen molar-refractivity contribution in [2.45, 2.75) is 24.3 Å². The molecule has 0 fully saturated rings. The van der Waals surface area contributed by atoms with Gasteiger partial charge >= 0.3 is 0 Å². The Hall–Kier alpha value is -3.91. The molecule has 0 N–H and O–H groups in total. The molecule has 2 heterocycles. The molecule has 0 saturated carbocycles. The summed E-state index contributed by atoms with van der Waals surface area (Å²) in [5.41, 5.74) is 2.88. The number of ether oxygens (including phenoxy) is 1. The number of oxazole rings is 1. The Balaban J connectivity index is 1.39. The van der Waals surface area contributed by atoms with Crippen LogP contribution in [0.2, 0.25) is 0 Å². The molecular weight excluding hydrogens is 463 g/mol. The maximum absolute atomic E-state index is 13.2. The van der Waals surface area contributed by atoms with Gasteiger partial charge in [-0.15, -0.1) is 10.2 Å². The predicted molar refractivity (Wildman–Crippen MR) is 133 cm³/mol. The van der Waals surface area contributed by atoms with E-state index in [0.29, 0.717) is 30.4 Å². The fourth-order valence-electron chi connectivity index (χ4n) is 3.66. The maximum Gasteiger partial charge on any atom is 0.205 e. The van der Waals surface area contributed by atoms with Crippen LogP contribution in [-0.4, -0.2) is 26.4 Å². The molecule has 2 aromatic heterocycles. The van der Waals surface area contributed by atoms with Crippen molar-refractivity contribution in [1.29, 1.82) is 0 Å². The van der Waals surface area contributed by atoms with Gasteiger partial charge in [0.15, 0.2) is 10.9 Å². The van der Waals surface area contributed by atoms with Gasteiger partial charge in [0.1, 0.15) is 17.4 Å². The van der Waals surface area contributed by atoms with E-state index in [-0.39, 0.29) is 5.82 Å². The Labute approximate surface area is 206 Å². The predicted octanol–water partition coefficient (Wildman–Crippen LogP) is 6.34. The number of hydrogen-bond donors (Lipinski definition) is 0. The molecular formula is C27H23FN4O2S. The summed E-state index contributed by atoms with van der Waals surface area (Å²) in [6.45, 7) is 2.58. The number of thioether (sulfide) groups is 1. The van der Waals surface area contributed by atoms with Crippen LogP contribution in [0.4, 0.5) is 4.39 Å². The summed E-state index contributed by atoms with van der Waals surface area (Å²) in [4.78, 5) is 4.38. The zero-order chi connectivity index (χ0) is 24.0. The highest BCUT2D eigenvalue weighted by Crippen LogP contribution is 2.29. The molecule has 6 nitrogen and oxygen atoms in total. The van der Waals surface area contributed by atoms with E-state index in [1.807, 2.05) is 49.4 Å². The smallest absolute Gasteiger partial charge is 0.205 e. The van der Waals surface area contributed by atoms with Gasteiger partial charge in [-0.3, -0.25) is 4.57 Å². The number of benzene rings is 3. The molecule has 8 heteroatoms. The lowest BCUT2D eigenvalue weighted by molar-refractivity contribution is 0.340. The van der Waals surface area contributed by atoms with Crippen LogP contribution in [0.15, 0.2) is 94.6 Å². The molecule has 176 valence electrons. The summed E-state index contributed by atoms with van der Waals surface area (Å²) < 4.78 is 26.8. The van der Waals surface area contributed by atoms with Gasteiger partial charge in [0, 0.05) is 17.7 Å². The Kier molecular flexibility index (Phi) is 6.90. The van der Waals surface area contributed by atoms with Crippen molar-refractivity contribution >= 4 is 11.8 Å². The molecule has 0 atom stereocenters. The van der Waals surface area contributed by atoms with Gasteiger partial charge in [0.25, 0.3) is 0 Å². The van der Waals surface area contributed by atoms with Crippen molar-refractivity contribution in [3.8, 4) is 22.8 Å². The third-order valence-electron chi connectivity index (χ3n) is 5.32. The molecule has 3 aromatic carbocycles. The SMILES string of the molecule is CCOc1ccc(-n2c(Cc3ccccc3)nnc2SCc2ncc(-c3ccc(F)cc3)o2)cc1. The number of nitrogens with zero attached hydrogens (tertiary/aromatic N) is 4. The maximum atomic E-state index is 13.2. The van der Waals surface area contributed by atoms with Crippen LogP contribution in [0.25, 0.3) is 17.0 Å². The Morgan fingerprint density at radius 2 is 1.71 bits per heavy atom. The fraction of sp³-hybridized carbons (Fsp3) is 0.148. The lowest BCUT2D eigenvalue weighted by Crippen LogP contribution is -2.04. The molecule has 0 aliphatic rings. The standard InChI is InChI=1S/C27H23FN4O2S/c1-2-33-23-14-12-22(13-15-23)32-25(16-19-6-4-3-5-7-19)30-31-27(32)35-18-26-29-17-24(34-26)20-8-10-21(28)11-9-20/h3-15,17H,2,16,18H2,1H3. The van der Waals surface area contributed by atoms with Crippen molar-refractivity contribution < 1.29 is 13.5 Å². The van der Waals surface area contributed by atoms with Crippen LogP contribution in [0.5, 0.6) is 5.75 Å². The number of hydrogen-bond acceptors (Lipinski definition) is 6. The fourth-order valence-corrected chi connectivity index (χ4v) is 4.48. The lowest BCUT2D eigenvalue weighted by Gasteiger charge is -2.11. The first-order chi connectivity index (χ1) is 17.2. The van der Waals surface area contributed by atoms with Gasteiger partial charge in [-0.05, 0) is 61.0 Å². The quantitative estimate of drug-likeness (QED) is 0.226. The lowest BCUT2D eigenvalue weighted by atomic mass is 10.1. The van der Waals surface area contributed by atoms with Crippen molar-refractivity contribution in [1.82, 2.24) is 19.7 Å². The molecule has 0 bridgehead atoms. The monoisotopic (exact) mass is 486 g/mol. The van der Waals surface area contributed by atoms with Crippen LogP contribution in [0, 0.1) is 5.82 Å². The van der Waals surface area contributed by atoms with Crippen LogP contribution in [0.3, 0.4) is 0 Å². The number of rotatable bonds is 9. The van der Waals surface area contributed by atoms with Crippen molar-refractivity contribution in [2.75, 3.05) is 6.61 Å². The Morgan fingerprint density at radius 3 is 2.46 bits per heavy atom. The third-order valence-corrected chi connectivity index (χ3v) is 6.23. The minimum atomic E-state index is -0.288. The normalized spacial score (nSPS) is 11.0. The second-order valence-electron chi connectivity index (χ2n) is 7.74. The van der Waals surface area contributed by atoms with Crippen LogP contribution in [0.1, 0.15) is 24.2 Å². The highest BCUT2D eigenvalue weighted by molar-refractivity contribution is 7.98. The molecule has 0 unspecified atom stereocenters. The molecule has 0 amide bonds. The summed E-state index contributed by atoms with van der Waals surface area (Å²) in [6, 6.07) is 24.2. The van der Waals surface area contributed by atoms with Crippen molar-refractivity contribution in [2.24, 2.45) is 0 Å². The van der Waals surface area contributed by atoms with Gasteiger partial charge in [-0.25, -0.2) is 9.37 Å². The summed E-state index contributed by atoms with van der Waals surface area (Å²) in [5, 5.41) is 9.70. The van der Waals surface area contributed by atoms with E-state index in [1.54, 1.807) is 18.3 Å². The van der Waals surface area contributed by atoms with E-state index < -0.39 is 0 Å². The van der Waals surface area contributed by atoms with Crippen LogP contribution in [-0.2, 0) is 12.2 Å². The summed E-state index contributed by atoms with van der Waals surface area (Å²) in [5.74, 6) is 2.99. The second kappa shape index (κ2) is 10.6. The van der Waals surface area contributed by atoms with Crippen molar-refractivity contribution in [3.05, 3.63) is 108 Å². The molecule has 0 aliphatic carbocycles. The molecule has 35 heavy (non-hydrogen) atoms. The highest BCUT2D eigenvalue weighted by atomic mass is 32.2. The van der Waals surface area contributed by atoms with Gasteiger partial charge < -0.3 is 9.15 Å². The summed E-state index contributed by atoms with van der Waals surface area (Å²) in [7, 11) is 0. The molecule has 0 spiro atoms. The average molecular weight is 487 g/mol. The van der Waals surface area contributed by atoms with Gasteiger partial charge in [0.05, 0.1) is 18.6 Å². The zero-order valence-corrected chi connectivity index (χ0v) is 19.9. The van der Waals surface area contributed by atoms with Crippen molar-refractivity contribution in [3.63, 3.8) is 0 Å². The minimum absolute atomic E-state index is 0.288. The number of aromatic nitrogens is 4. The first-order valence-corrected chi connectivity index (χ1v) is 12.2. The summed E-state index contributed by atoms with van der Waals surface area (Å²) >= 11 is 1.49. The van der Waals surface area contributed by atoms with Crippen LogP contribution >= 0.6 is 11.8 Å².